The number of hydrogen-bond acceptors (Lipinski definition) is 3. The van der Waals surface area contributed by atoms with E-state index < -0.39 is 17.6 Å². The highest BCUT2D eigenvalue weighted by molar-refractivity contribution is 5.90. The smallest absolute Gasteiger partial charge is 0.324 e. The van der Waals surface area contributed by atoms with Crippen molar-refractivity contribution in [3.8, 4) is 5.69 Å². The summed E-state index contributed by atoms with van der Waals surface area (Å²) in [5.74, 6) is -0.638. The molecule has 1 aromatic carbocycles. The lowest BCUT2D eigenvalue weighted by atomic mass is 10.2. The zero-order valence-corrected chi connectivity index (χ0v) is 13.8. The number of halogens is 4. The molecule has 2 aromatic heterocycles. The van der Waals surface area contributed by atoms with Gasteiger partial charge in [-0.05, 0) is 30.7 Å². The fourth-order valence-corrected chi connectivity index (χ4v) is 2.68. The van der Waals surface area contributed by atoms with Crippen LogP contribution in [0, 0.1) is 5.82 Å². The van der Waals surface area contributed by atoms with Gasteiger partial charge in [-0.15, -0.1) is 5.10 Å². The number of fused-ring (bicyclic) bond motifs is 1. The molecule has 2 amide bonds. The minimum absolute atomic E-state index is 0.0111. The minimum atomic E-state index is -4.53. The van der Waals surface area contributed by atoms with Crippen molar-refractivity contribution in [3.05, 3.63) is 48.0 Å². The second kappa shape index (κ2) is 6.22. The number of amides is 2. The molecule has 0 radical (unpaired) electrons. The van der Waals surface area contributed by atoms with Crippen LogP contribution in [0.4, 0.5) is 28.0 Å². The van der Waals surface area contributed by atoms with Gasteiger partial charge in [-0.2, -0.15) is 13.2 Å². The fraction of sp³-hybridized carbons (Fsp3) is 0.235. The molecule has 0 bridgehead atoms. The van der Waals surface area contributed by atoms with Gasteiger partial charge < -0.3 is 10.2 Å². The van der Waals surface area contributed by atoms with Crippen molar-refractivity contribution in [1.82, 2.24) is 19.7 Å². The van der Waals surface area contributed by atoms with E-state index in [9.17, 15) is 22.4 Å². The first-order chi connectivity index (χ1) is 12.8. The van der Waals surface area contributed by atoms with Crippen LogP contribution in [0.15, 0.2) is 36.7 Å². The molecule has 4 rings (SSSR count). The van der Waals surface area contributed by atoms with Gasteiger partial charge >= 0.3 is 12.2 Å². The van der Waals surface area contributed by atoms with E-state index in [2.05, 4.69) is 15.4 Å². The van der Waals surface area contributed by atoms with E-state index in [0.29, 0.717) is 25.0 Å². The number of likely N-dealkylation sites (tertiary alicyclic amines) is 1. The summed E-state index contributed by atoms with van der Waals surface area (Å²) in [6.07, 6.45) is -1.65. The number of anilines is 1. The van der Waals surface area contributed by atoms with Crippen molar-refractivity contribution in [3.63, 3.8) is 0 Å². The molecule has 0 spiro atoms. The van der Waals surface area contributed by atoms with Gasteiger partial charge in [0.1, 0.15) is 11.5 Å². The number of alkyl halides is 3. The molecule has 3 heterocycles. The molecule has 6 nitrogen and oxygen atoms in total. The van der Waals surface area contributed by atoms with Crippen molar-refractivity contribution in [2.45, 2.75) is 12.6 Å². The predicted molar refractivity (Wildman–Crippen MR) is 89.0 cm³/mol. The van der Waals surface area contributed by atoms with Crippen molar-refractivity contribution >= 4 is 22.8 Å². The van der Waals surface area contributed by atoms with Crippen molar-refractivity contribution in [2.75, 3.05) is 18.4 Å². The molecule has 0 atom stereocenters. The molecule has 140 valence electrons. The average molecular weight is 379 g/mol. The van der Waals surface area contributed by atoms with Gasteiger partial charge in [-0.3, -0.25) is 0 Å². The van der Waals surface area contributed by atoms with Gasteiger partial charge in [0.15, 0.2) is 5.65 Å². The molecule has 1 fully saturated rings. The third-order valence-electron chi connectivity index (χ3n) is 4.27. The number of urea groups is 1. The average Bonchev–Trinajstić information content (AvgIpc) is 2.97. The van der Waals surface area contributed by atoms with E-state index in [1.165, 1.54) is 18.3 Å². The van der Waals surface area contributed by atoms with Crippen LogP contribution < -0.4 is 5.32 Å². The number of nitrogens with one attached hydrogen (secondary N) is 1. The van der Waals surface area contributed by atoms with Crippen LogP contribution in [0.5, 0.6) is 0 Å². The Balaban J connectivity index is 1.67. The molecule has 10 heteroatoms. The second-order valence-electron chi connectivity index (χ2n) is 6.15. The lowest BCUT2D eigenvalue weighted by Gasteiger charge is -2.30. The molecule has 0 aliphatic carbocycles. The summed E-state index contributed by atoms with van der Waals surface area (Å²) in [6, 6.07) is 4.53. The van der Waals surface area contributed by atoms with Crippen LogP contribution in [0.1, 0.15) is 12.0 Å². The van der Waals surface area contributed by atoms with E-state index in [1.807, 2.05) is 0 Å². The largest absolute Gasteiger partial charge is 0.417 e. The monoisotopic (exact) mass is 379 g/mol. The number of carbonyl (C=O) groups is 1. The van der Waals surface area contributed by atoms with Crippen LogP contribution in [0.25, 0.3) is 16.7 Å². The Hall–Kier alpha value is -3.17. The van der Waals surface area contributed by atoms with Crippen LogP contribution in [-0.4, -0.2) is 38.8 Å². The summed E-state index contributed by atoms with van der Waals surface area (Å²) >= 11 is 0. The summed E-state index contributed by atoms with van der Waals surface area (Å²) in [6.45, 7) is 1.33. The summed E-state index contributed by atoms with van der Waals surface area (Å²) in [7, 11) is 0. The molecule has 0 unspecified atom stereocenters. The van der Waals surface area contributed by atoms with Crippen LogP contribution in [-0.2, 0) is 6.18 Å². The number of pyridine rings is 1. The number of carbonyl (C=O) groups excluding carboxylic acids is 1. The summed E-state index contributed by atoms with van der Waals surface area (Å²) < 4.78 is 53.8. The summed E-state index contributed by atoms with van der Waals surface area (Å²) in [4.78, 5) is 17.3. The number of nitrogens with zero attached hydrogens (tertiary/aromatic N) is 4. The molecule has 1 N–H and O–H groups in total. The highest BCUT2D eigenvalue weighted by atomic mass is 19.4. The molecule has 1 aliphatic rings. The topological polar surface area (TPSA) is 63.1 Å². The Bertz CT molecular complexity index is 1030. The molecular weight excluding hydrogens is 366 g/mol. The van der Waals surface area contributed by atoms with Crippen molar-refractivity contribution < 1.29 is 22.4 Å². The third kappa shape index (κ3) is 3.29. The SMILES string of the molecule is O=C(Nc1ccc(F)c(-n2cc3cc(C(F)(F)F)cnc3n2)c1)N1CCC1. The zero-order chi connectivity index (χ0) is 19.2. The van der Waals surface area contributed by atoms with E-state index in [4.69, 9.17) is 0 Å². The summed E-state index contributed by atoms with van der Waals surface area (Å²) in [5.41, 5.74) is -0.516. The fourth-order valence-electron chi connectivity index (χ4n) is 2.68. The first kappa shape index (κ1) is 17.3. The van der Waals surface area contributed by atoms with Crippen molar-refractivity contribution in [1.29, 1.82) is 0 Å². The molecule has 3 aromatic rings. The van der Waals surface area contributed by atoms with Gasteiger partial charge in [0, 0.05) is 36.6 Å². The standard InChI is InChI=1S/C17H13F4N5O/c18-13-3-2-12(23-16(27)25-4-1-5-25)7-14(13)26-9-10-6-11(17(19,20)21)8-22-15(10)24-26/h2-3,6-9H,1,4-5H2,(H,23,27). The Morgan fingerprint density at radius 2 is 1.96 bits per heavy atom. The van der Waals surface area contributed by atoms with E-state index in [0.717, 1.165) is 23.2 Å². The third-order valence-corrected chi connectivity index (χ3v) is 4.27. The number of hydrogen-bond donors (Lipinski definition) is 1. The number of rotatable bonds is 2. The quantitative estimate of drug-likeness (QED) is 0.689. The van der Waals surface area contributed by atoms with Gasteiger partial charge in [-0.1, -0.05) is 0 Å². The maximum Gasteiger partial charge on any atom is 0.417 e. The molecule has 0 saturated carbocycles. The Morgan fingerprint density at radius 3 is 2.63 bits per heavy atom. The zero-order valence-electron chi connectivity index (χ0n) is 13.8. The predicted octanol–water partition coefficient (Wildman–Crippen LogP) is 3.82. The van der Waals surface area contributed by atoms with E-state index >= 15 is 0 Å². The number of benzene rings is 1. The highest BCUT2D eigenvalue weighted by Gasteiger charge is 2.31. The van der Waals surface area contributed by atoms with Gasteiger partial charge in [-0.25, -0.2) is 18.9 Å². The maximum absolute atomic E-state index is 14.2. The summed E-state index contributed by atoms with van der Waals surface area (Å²) in [5, 5.41) is 6.81. The Labute approximate surface area is 150 Å². The highest BCUT2D eigenvalue weighted by Crippen LogP contribution is 2.30. The maximum atomic E-state index is 14.2. The van der Waals surface area contributed by atoms with Crippen LogP contribution in [0.2, 0.25) is 0 Å². The minimum Gasteiger partial charge on any atom is -0.324 e. The van der Waals surface area contributed by atoms with Gasteiger partial charge in [0.05, 0.1) is 5.56 Å². The Morgan fingerprint density at radius 1 is 1.19 bits per heavy atom. The van der Waals surface area contributed by atoms with Crippen molar-refractivity contribution in [2.24, 2.45) is 0 Å². The van der Waals surface area contributed by atoms with Crippen LogP contribution >= 0.6 is 0 Å². The Kier molecular flexibility index (Phi) is 3.97. The molecular formula is C17H13F4N5O. The van der Waals surface area contributed by atoms with Gasteiger partial charge in [0.2, 0.25) is 0 Å². The second-order valence-corrected chi connectivity index (χ2v) is 6.15. The van der Waals surface area contributed by atoms with Crippen LogP contribution in [0.3, 0.4) is 0 Å². The molecule has 1 aliphatic heterocycles. The van der Waals surface area contributed by atoms with Gasteiger partial charge in [0.25, 0.3) is 0 Å². The van der Waals surface area contributed by atoms with E-state index in [-0.39, 0.29) is 22.8 Å². The molecule has 27 heavy (non-hydrogen) atoms. The van der Waals surface area contributed by atoms with E-state index in [1.54, 1.807) is 4.90 Å². The first-order valence-corrected chi connectivity index (χ1v) is 8.10. The molecule has 1 saturated heterocycles. The first-order valence-electron chi connectivity index (χ1n) is 8.10. The number of aromatic nitrogens is 3. The lowest BCUT2D eigenvalue weighted by molar-refractivity contribution is -0.137. The lowest BCUT2D eigenvalue weighted by Crippen LogP contribution is -2.44. The normalized spacial score (nSPS) is 14.3.